The zero-order valence-electron chi connectivity index (χ0n) is 15.4. The number of carbonyl (C=O) groups is 1. The third kappa shape index (κ3) is 3.29. The van der Waals surface area contributed by atoms with Gasteiger partial charge in [0.05, 0.1) is 5.69 Å². The Hall–Kier alpha value is -2.62. The predicted octanol–water partition coefficient (Wildman–Crippen LogP) is 4.72. The lowest BCUT2D eigenvalue weighted by molar-refractivity contribution is 0.102. The molecule has 130 valence electrons. The molecule has 0 spiro atoms. The van der Waals surface area contributed by atoms with Crippen LogP contribution in [-0.2, 0) is 12.8 Å². The van der Waals surface area contributed by atoms with Crippen LogP contribution in [0.5, 0.6) is 0 Å². The molecule has 0 fully saturated rings. The Morgan fingerprint density at radius 2 is 2.00 bits per heavy atom. The van der Waals surface area contributed by atoms with Crippen molar-refractivity contribution in [2.45, 2.75) is 47.0 Å². The van der Waals surface area contributed by atoms with E-state index in [1.807, 2.05) is 48.7 Å². The maximum absolute atomic E-state index is 13.1. The van der Waals surface area contributed by atoms with E-state index in [0.29, 0.717) is 5.69 Å². The molecule has 3 rings (SSSR count). The van der Waals surface area contributed by atoms with E-state index in [0.717, 1.165) is 53.0 Å². The van der Waals surface area contributed by atoms with Gasteiger partial charge in [-0.2, -0.15) is 0 Å². The Bertz CT molecular complexity index is 924. The van der Waals surface area contributed by atoms with E-state index in [-0.39, 0.29) is 5.91 Å². The van der Waals surface area contributed by atoms with Gasteiger partial charge in [0.2, 0.25) is 0 Å². The number of anilines is 1. The number of nitrogens with one attached hydrogen (secondary N) is 1. The second kappa shape index (κ2) is 7.09. The third-order valence-corrected chi connectivity index (χ3v) is 4.53. The molecule has 1 N–H and O–H groups in total. The van der Waals surface area contributed by atoms with Gasteiger partial charge in [-0.05, 0) is 55.5 Å². The smallest absolute Gasteiger partial charge is 0.274 e. The minimum absolute atomic E-state index is 0.0937. The van der Waals surface area contributed by atoms with Crippen LogP contribution in [0, 0.1) is 13.8 Å². The predicted molar refractivity (Wildman–Crippen MR) is 102 cm³/mol. The van der Waals surface area contributed by atoms with Gasteiger partial charge in [0.15, 0.2) is 0 Å². The Kier molecular flexibility index (Phi) is 4.88. The zero-order valence-corrected chi connectivity index (χ0v) is 15.4. The highest BCUT2D eigenvalue weighted by Crippen LogP contribution is 2.23. The van der Waals surface area contributed by atoms with E-state index in [9.17, 15) is 4.79 Å². The first kappa shape index (κ1) is 17.2. The van der Waals surface area contributed by atoms with Crippen molar-refractivity contribution in [2.75, 3.05) is 5.32 Å². The van der Waals surface area contributed by atoms with Crippen LogP contribution >= 0.6 is 0 Å². The first-order chi connectivity index (χ1) is 12.0. The molecule has 0 saturated heterocycles. The monoisotopic (exact) mass is 335 g/mol. The number of aromatic nitrogens is 2. The van der Waals surface area contributed by atoms with Crippen molar-refractivity contribution in [1.82, 2.24) is 9.38 Å². The lowest BCUT2D eigenvalue weighted by Crippen LogP contribution is -2.18. The van der Waals surface area contributed by atoms with Crippen molar-refractivity contribution in [3.63, 3.8) is 0 Å². The molecule has 1 aromatic carbocycles. The Labute approximate surface area is 148 Å². The van der Waals surface area contributed by atoms with Crippen LogP contribution in [0.4, 0.5) is 5.69 Å². The molecule has 4 heteroatoms. The summed E-state index contributed by atoms with van der Waals surface area (Å²) in [6.07, 6.45) is 4.56. The number of hydrogen-bond donors (Lipinski definition) is 1. The molecule has 3 aromatic rings. The fourth-order valence-electron chi connectivity index (χ4n) is 3.22. The highest BCUT2D eigenvalue weighted by atomic mass is 16.2. The molecule has 25 heavy (non-hydrogen) atoms. The highest BCUT2D eigenvalue weighted by molar-refractivity contribution is 6.05. The van der Waals surface area contributed by atoms with Crippen molar-refractivity contribution in [1.29, 1.82) is 0 Å². The topological polar surface area (TPSA) is 46.4 Å². The Balaban J connectivity index is 2.06. The van der Waals surface area contributed by atoms with E-state index in [2.05, 4.69) is 25.2 Å². The first-order valence-corrected chi connectivity index (χ1v) is 8.92. The molecule has 0 saturated carbocycles. The van der Waals surface area contributed by atoms with Gasteiger partial charge in [0.1, 0.15) is 11.3 Å². The molecular weight excluding hydrogens is 310 g/mol. The van der Waals surface area contributed by atoms with Crippen LogP contribution in [0.2, 0.25) is 0 Å². The van der Waals surface area contributed by atoms with Gasteiger partial charge in [0.25, 0.3) is 5.91 Å². The lowest BCUT2D eigenvalue weighted by Gasteiger charge is -2.13. The maximum Gasteiger partial charge on any atom is 0.274 e. The van der Waals surface area contributed by atoms with Gasteiger partial charge in [-0.3, -0.25) is 9.20 Å². The molecule has 0 unspecified atom stereocenters. The quantitative estimate of drug-likeness (QED) is 0.733. The Morgan fingerprint density at radius 3 is 2.72 bits per heavy atom. The normalized spacial score (nSPS) is 11.0. The molecule has 2 aromatic heterocycles. The van der Waals surface area contributed by atoms with Crippen molar-refractivity contribution < 1.29 is 4.79 Å². The van der Waals surface area contributed by atoms with E-state index in [4.69, 9.17) is 4.98 Å². The molecule has 0 aliphatic heterocycles. The second-order valence-electron chi connectivity index (χ2n) is 6.51. The molecule has 0 atom stereocenters. The van der Waals surface area contributed by atoms with Crippen LogP contribution in [0.15, 0.2) is 36.5 Å². The van der Waals surface area contributed by atoms with E-state index >= 15 is 0 Å². The highest BCUT2D eigenvalue weighted by Gasteiger charge is 2.20. The van der Waals surface area contributed by atoms with Gasteiger partial charge in [-0.1, -0.05) is 38.5 Å². The average molecular weight is 335 g/mol. The fraction of sp³-hybridized carbons (Fsp3) is 0.333. The number of rotatable bonds is 5. The van der Waals surface area contributed by atoms with E-state index in [1.54, 1.807) is 0 Å². The van der Waals surface area contributed by atoms with Gasteiger partial charge in [0, 0.05) is 11.9 Å². The van der Waals surface area contributed by atoms with Crippen molar-refractivity contribution in [3.8, 4) is 0 Å². The molecule has 0 bridgehead atoms. The molecule has 0 aliphatic rings. The summed E-state index contributed by atoms with van der Waals surface area (Å²) < 4.78 is 1.90. The second-order valence-corrected chi connectivity index (χ2v) is 6.51. The van der Waals surface area contributed by atoms with E-state index < -0.39 is 0 Å². The molecule has 4 nitrogen and oxygen atoms in total. The van der Waals surface area contributed by atoms with Crippen molar-refractivity contribution in [3.05, 3.63) is 64.6 Å². The summed E-state index contributed by atoms with van der Waals surface area (Å²) in [4.78, 5) is 17.8. The summed E-state index contributed by atoms with van der Waals surface area (Å²) in [6, 6.07) is 10.1. The summed E-state index contributed by atoms with van der Waals surface area (Å²) in [5, 5.41) is 3.14. The number of amides is 1. The minimum Gasteiger partial charge on any atom is -0.320 e. The minimum atomic E-state index is -0.0937. The fourth-order valence-corrected chi connectivity index (χ4v) is 3.22. The number of para-hydroxylation sites is 1. The van der Waals surface area contributed by atoms with E-state index in [1.165, 1.54) is 0 Å². The number of carbonyl (C=O) groups excluding carboxylic acids is 1. The van der Waals surface area contributed by atoms with Gasteiger partial charge in [-0.15, -0.1) is 0 Å². The lowest BCUT2D eigenvalue weighted by atomic mass is 10.1. The summed E-state index contributed by atoms with van der Waals surface area (Å²) in [6.45, 7) is 8.27. The summed E-state index contributed by atoms with van der Waals surface area (Å²) in [7, 11) is 0. The molecule has 2 heterocycles. The van der Waals surface area contributed by atoms with Crippen LogP contribution in [-0.4, -0.2) is 15.3 Å². The number of nitrogens with zero attached hydrogens (tertiary/aromatic N) is 2. The number of hydrogen-bond acceptors (Lipinski definition) is 2. The molecule has 0 radical (unpaired) electrons. The van der Waals surface area contributed by atoms with Crippen LogP contribution in [0.3, 0.4) is 0 Å². The standard InChI is InChI=1S/C21H25N3O/c1-5-8-17-20(24-12-11-14(3)13-18(24)22-17)21(25)23-19-15(4)9-7-10-16(19)6-2/h7,9-13H,5-6,8H2,1-4H3,(H,23,25). The Morgan fingerprint density at radius 1 is 1.20 bits per heavy atom. The van der Waals surface area contributed by atoms with Gasteiger partial charge >= 0.3 is 0 Å². The maximum atomic E-state index is 13.1. The van der Waals surface area contributed by atoms with Gasteiger partial charge < -0.3 is 5.32 Å². The summed E-state index contributed by atoms with van der Waals surface area (Å²) in [5.41, 5.74) is 6.61. The number of pyridine rings is 1. The number of benzene rings is 1. The van der Waals surface area contributed by atoms with Crippen LogP contribution < -0.4 is 5.32 Å². The number of imidazole rings is 1. The number of fused-ring (bicyclic) bond motifs is 1. The molecular formula is C21H25N3O. The van der Waals surface area contributed by atoms with Crippen LogP contribution in [0.1, 0.15) is 53.1 Å². The van der Waals surface area contributed by atoms with Crippen molar-refractivity contribution >= 4 is 17.2 Å². The molecule has 1 amide bonds. The zero-order chi connectivity index (χ0) is 18.0. The largest absolute Gasteiger partial charge is 0.320 e. The SMILES string of the molecule is CCCc1nc2cc(C)ccn2c1C(=O)Nc1c(C)cccc1CC. The summed E-state index contributed by atoms with van der Waals surface area (Å²) in [5.74, 6) is -0.0937. The average Bonchev–Trinajstić information content (AvgIpc) is 2.94. The van der Waals surface area contributed by atoms with Crippen molar-refractivity contribution in [2.24, 2.45) is 0 Å². The first-order valence-electron chi connectivity index (χ1n) is 8.92. The van der Waals surface area contributed by atoms with Crippen LogP contribution in [0.25, 0.3) is 5.65 Å². The summed E-state index contributed by atoms with van der Waals surface area (Å²) >= 11 is 0. The van der Waals surface area contributed by atoms with Gasteiger partial charge in [-0.25, -0.2) is 4.98 Å². The number of aryl methyl sites for hydroxylation is 4. The molecule has 0 aliphatic carbocycles. The third-order valence-electron chi connectivity index (χ3n) is 4.53.